The number of hydrogen-bond donors (Lipinski definition) is 0. The fraction of sp³-hybridized carbons (Fsp3) is 0.375. The number of ether oxygens (including phenoxy) is 2. The molecule has 2 unspecified atom stereocenters. The topological polar surface area (TPSA) is 70.4 Å². The molecule has 2 aromatic rings. The zero-order chi connectivity index (χ0) is 21.3. The summed E-state index contributed by atoms with van der Waals surface area (Å²) in [5.41, 5.74) is 2.89. The second kappa shape index (κ2) is 10.6. The van der Waals surface area contributed by atoms with Gasteiger partial charge in [0.25, 0.3) is 0 Å². The Morgan fingerprint density at radius 1 is 1.17 bits per heavy atom. The molecule has 0 amide bonds. The summed E-state index contributed by atoms with van der Waals surface area (Å²) < 4.78 is 12.8. The van der Waals surface area contributed by atoms with Gasteiger partial charge in [-0.15, -0.1) is 0 Å². The Morgan fingerprint density at radius 2 is 1.90 bits per heavy atom. The summed E-state index contributed by atoms with van der Waals surface area (Å²) in [4.78, 5) is 28.8. The quantitative estimate of drug-likeness (QED) is 0.429. The van der Waals surface area contributed by atoms with Crippen LogP contribution in [-0.2, 0) is 39.0 Å². The van der Waals surface area contributed by atoms with Crippen LogP contribution in [0.1, 0.15) is 36.6 Å². The van der Waals surface area contributed by atoms with Crippen molar-refractivity contribution < 1.29 is 19.1 Å². The molecule has 1 aromatic heterocycles. The first-order valence-corrected chi connectivity index (χ1v) is 10.3. The molecular formula is C24H28N2O4. The Morgan fingerprint density at radius 3 is 2.60 bits per heavy atom. The van der Waals surface area contributed by atoms with Gasteiger partial charge in [-0.25, -0.2) is 9.78 Å². The Hall–Kier alpha value is -3.15. The van der Waals surface area contributed by atoms with E-state index in [9.17, 15) is 9.59 Å². The number of fused-ring (bicyclic) bond motifs is 1. The molecule has 0 N–H and O–H groups in total. The van der Waals surface area contributed by atoms with Crippen molar-refractivity contribution >= 4 is 18.0 Å². The summed E-state index contributed by atoms with van der Waals surface area (Å²) in [7, 11) is 1.87. The zero-order valence-corrected chi connectivity index (χ0v) is 17.5. The molecule has 3 rings (SSSR count). The first-order valence-electron chi connectivity index (χ1n) is 10.3. The highest BCUT2D eigenvalue weighted by atomic mass is 16.5. The van der Waals surface area contributed by atoms with Crippen LogP contribution < -0.4 is 0 Å². The molecule has 0 spiro atoms. The number of imidazole rings is 1. The smallest absolute Gasteiger partial charge is 0.331 e. The third-order valence-electron chi connectivity index (χ3n) is 5.04. The van der Waals surface area contributed by atoms with E-state index >= 15 is 0 Å². The summed E-state index contributed by atoms with van der Waals surface area (Å²) in [6.45, 7) is 2.20. The van der Waals surface area contributed by atoms with Crippen LogP contribution in [0.25, 0.3) is 6.08 Å². The van der Waals surface area contributed by atoms with Gasteiger partial charge in [-0.3, -0.25) is 4.79 Å². The molecule has 2 atom stereocenters. The second-order valence-electron chi connectivity index (χ2n) is 7.42. The van der Waals surface area contributed by atoms with Gasteiger partial charge in [-0.05, 0) is 37.0 Å². The largest absolute Gasteiger partial charge is 0.466 e. The highest BCUT2D eigenvalue weighted by Crippen LogP contribution is 2.23. The zero-order valence-electron chi connectivity index (χ0n) is 17.5. The maximum atomic E-state index is 12.3. The van der Waals surface area contributed by atoms with E-state index in [2.05, 4.69) is 4.98 Å². The molecule has 0 fully saturated rings. The van der Waals surface area contributed by atoms with Crippen LogP contribution in [0.5, 0.6) is 0 Å². The Balaban J connectivity index is 1.72. The molecule has 0 saturated heterocycles. The van der Waals surface area contributed by atoms with E-state index in [-0.39, 0.29) is 18.0 Å². The van der Waals surface area contributed by atoms with Gasteiger partial charge in [0.15, 0.2) is 0 Å². The molecule has 6 nitrogen and oxygen atoms in total. The Labute approximate surface area is 177 Å². The summed E-state index contributed by atoms with van der Waals surface area (Å²) in [5, 5.41) is 0. The molecule has 0 bridgehead atoms. The molecule has 1 aromatic carbocycles. The fourth-order valence-electron chi connectivity index (χ4n) is 3.55. The van der Waals surface area contributed by atoms with Gasteiger partial charge < -0.3 is 14.0 Å². The highest BCUT2D eigenvalue weighted by molar-refractivity contribution is 5.86. The minimum atomic E-state index is -0.391. The van der Waals surface area contributed by atoms with Crippen LogP contribution in [0.3, 0.4) is 0 Å². The lowest BCUT2D eigenvalue weighted by Crippen LogP contribution is -2.23. The van der Waals surface area contributed by atoms with Crippen LogP contribution in [0, 0.1) is 5.92 Å². The first kappa shape index (κ1) is 21.6. The van der Waals surface area contributed by atoms with Gasteiger partial charge in [0.05, 0.1) is 24.5 Å². The monoisotopic (exact) mass is 408 g/mol. The van der Waals surface area contributed by atoms with Crippen LogP contribution >= 0.6 is 0 Å². The van der Waals surface area contributed by atoms with E-state index < -0.39 is 5.97 Å². The highest BCUT2D eigenvalue weighted by Gasteiger charge is 2.23. The van der Waals surface area contributed by atoms with E-state index in [0.29, 0.717) is 38.0 Å². The molecule has 158 valence electrons. The molecule has 0 radical (unpaired) electrons. The maximum absolute atomic E-state index is 12.3. The first-order chi connectivity index (χ1) is 14.5. The fourth-order valence-corrected chi connectivity index (χ4v) is 3.55. The van der Waals surface area contributed by atoms with E-state index in [0.717, 1.165) is 11.1 Å². The molecule has 1 aliphatic carbocycles. The van der Waals surface area contributed by atoms with Gasteiger partial charge in [-0.1, -0.05) is 36.4 Å². The van der Waals surface area contributed by atoms with Crippen molar-refractivity contribution in [1.29, 1.82) is 0 Å². The van der Waals surface area contributed by atoms with Crippen LogP contribution in [0.4, 0.5) is 0 Å². The van der Waals surface area contributed by atoms with Crippen molar-refractivity contribution in [2.24, 2.45) is 13.0 Å². The van der Waals surface area contributed by atoms with Gasteiger partial charge in [-0.2, -0.15) is 0 Å². The average molecular weight is 408 g/mol. The molecular weight excluding hydrogens is 380 g/mol. The third-order valence-corrected chi connectivity index (χ3v) is 5.04. The molecule has 0 aliphatic heterocycles. The Bertz CT molecular complexity index is 929. The minimum Gasteiger partial charge on any atom is -0.466 e. The van der Waals surface area contributed by atoms with Crippen molar-refractivity contribution in [3.05, 3.63) is 71.8 Å². The lowest BCUT2D eigenvalue weighted by atomic mass is 9.89. The number of allylic oxidation sites excluding steroid dienone is 1. The normalized spacial score (nSPS) is 19.3. The molecule has 1 aliphatic rings. The van der Waals surface area contributed by atoms with Gasteiger partial charge in [0.1, 0.15) is 6.10 Å². The lowest BCUT2D eigenvalue weighted by Gasteiger charge is -2.21. The molecule has 1 heterocycles. The van der Waals surface area contributed by atoms with Crippen LogP contribution in [0.2, 0.25) is 0 Å². The summed E-state index contributed by atoms with van der Waals surface area (Å²) >= 11 is 0. The number of carbonyl (C=O) groups is 2. The third kappa shape index (κ3) is 6.17. The average Bonchev–Trinajstić information content (AvgIpc) is 3.15. The lowest BCUT2D eigenvalue weighted by molar-refractivity contribution is -0.147. The van der Waals surface area contributed by atoms with Crippen molar-refractivity contribution in [2.45, 2.75) is 38.7 Å². The number of carbonyl (C=O) groups excluding carboxylic acids is 2. The van der Waals surface area contributed by atoms with Crippen molar-refractivity contribution in [3.63, 3.8) is 0 Å². The van der Waals surface area contributed by atoms with Crippen LogP contribution in [-0.4, -0.2) is 34.2 Å². The summed E-state index contributed by atoms with van der Waals surface area (Å²) in [6.07, 6.45) is 12.7. The number of aromatic nitrogens is 2. The number of aryl methyl sites for hydroxylation is 1. The van der Waals surface area contributed by atoms with E-state index in [1.54, 1.807) is 12.4 Å². The van der Waals surface area contributed by atoms with Gasteiger partial charge >= 0.3 is 11.9 Å². The van der Waals surface area contributed by atoms with E-state index in [1.165, 1.54) is 6.08 Å². The molecule has 6 heteroatoms. The van der Waals surface area contributed by atoms with Gasteiger partial charge in [0, 0.05) is 32.2 Å². The number of benzene rings is 1. The SMILES string of the molecule is CCOC(=O)C1CC=CCC(OC(=O)C=Cc2cn(C)cn2)Cc2ccccc2C1. The summed E-state index contributed by atoms with van der Waals surface area (Å²) in [5.74, 6) is -0.763. The predicted molar refractivity (Wildman–Crippen MR) is 114 cm³/mol. The van der Waals surface area contributed by atoms with E-state index in [4.69, 9.17) is 9.47 Å². The minimum absolute atomic E-state index is 0.167. The van der Waals surface area contributed by atoms with Crippen LogP contribution in [0.15, 0.2) is 55.0 Å². The molecule has 0 saturated carbocycles. The number of rotatable bonds is 5. The standard InChI is InChI=1S/C24H28N2O4/c1-3-29-24(28)20-10-6-7-11-22(15-19-9-5-4-8-18(19)14-20)30-23(27)13-12-21-16-26(2)17-25-21/h4-9,12-13,16-17,20,22H,3,10-11,14-15H2,1-2H3. The summed E-state index contributed by atoms with van der Waals surface area (Å²) in [6, 6.07) is 8.01. The number of nitrogens with zero attached hydrogens (tertiary/aromatic N) is 2. The van der Waals surface area contributed by atoms with Gasteiger partial charge in [0.2, 0.25) is 0 Å². The Kier molecular flexibility index (Phi) is 7.60. The number of esters is 2. The number of hydrogen-bond acceptors (Lipinski definition) is 5. The predicted octanol–water partition coefficient (Wildman–Crippen LogP) is 3.66. The maximum Gasteiger partial charge on any atom is 0.331 e. The molecule has 30 heavy (non-hydrogen) atoms. The van der Waals surface area contributed by atoms with Crippen molar-refractivity contribution in [2.75, 3.05) is 6.61 Å². The van der Waals surface area contributed by atoms with Crippen molar-refractivity contribution in [1.82, 2.24) is 9.55 Å². The van der Waals surface area contributed by atoms with E-state index in [1.807, 2.05) is 61.2 Å². The van der Waals surface area contributed by atoms with Crippen molar-refractivity contribution in [3.8, 4) is 0 Å². The second-order valence-corrected chi connectivity index (χ2v) is 7.42.